The molecule has 0 radical (unpaired) electrons. The van der Waals surface area contributed by atoms with Crippen LogP contribution in [-0.2, 0) is 14.3 Å². The van der Waals surface area contributed by atoms with Gasteiger partial charge in [0, 0.05) is 51.4 Å². The molecule has 0 aliphatic carbocycles. The van der Waals surface area contributed by atoms with Crippen LogP contribution >= 0.6 is 0 Å². The highest BCUT2D eigenvalue weighted by Gasteiger charge is 2.39. The summed E-state index contributed by atoms with van der Waals surface area (Å²) >= 11 is 0. The normalized spacial score (nSPS) is 22.7. The number of nitrogens with one attached hydrogen (secondary N) is 1. The summed E-state index contributed by atoms with van der Waals surface area (Å²) in [7, 11) is 0. The Labute approximate surface area is 196 Å². The minimum Gasteiger partial charge on any atom is -0.375 e. The van der Waals surface area contributed by atoms with E-state index in [1.54, 1.807) is 16.7 Å². The van der Waals surface area contributed by atoms with Crippen LogP contribution in [-0.4, -0.2) is 83.5 Å². The quantitative estimate of drug-likeness (QED) is 0.739. The standard InChI is InChI=1S/C25H36N4O4/c1-19-6-3-7-21(18-19)26-24(32)29-16-15-28(23(31)20(29)2)12-4-8-22(30)27-13-10-25(11-14-27)9-5-17-33-25/h3,6-7,18,20H,4-5,8-17H2,1-2H3,(H,26,32)/t20-/m0/s1. The predicted molar refractivity (Wildman–Crippen MR) is 126 cm³/mol. The maximum Gasteiger partial charge on any atom is 0.322 e. The number of carbonyl (C=O) groups is 3. The maximum atomic E-state index is 12.9. The van der Waals surface area contributed by atoms with Crippen molar-refractivity contribution in [3.63, 3.8) is 0 Å². The van der Waals surface area contributed by atoms with E-state index in [2.05, 4.69) is 5.32 Å². The molecule has 4 rings (SSSR count). The van der Waals surface area contributed by atoms with Crippen molar-refractivity contribution in [1.82, 2.24) is 14.7 Å². The smallest absolute Gasteiger partial charge is 0.322 e. The Morgan fingerprint density at radius 1 is 1.15 bits per heavy atom. The molecule has 1 atom stereocenters. The molecule has 3 aliphatic heterocycles. The third-order valence-corrected chi connectivity index (χ3v) is 7.31. The second-order valence-electron chi connectivity index (χ2n) is 9.61. The van der Waals surface area contributed by atoms with E-state index in [0.717, 1.165) is 56.6 Å². The molecule has 3 fully saturated rings. The van der Waals surface area contributed by atoms with Gasteiger partial charge in [0.2, 0.25) is 11.8 Å². The number of benzene rings is 1. The van der Waals surface area contributed by atoms with Crippen molar-refractivity contribution in [1.29, 1.82) is 0 Å². The van der Waals surface area contributed by atoms with Gasteiger partial charge in [-0.2, -0.15) is 0 Å². The number of carbonyl (C=O) groups excluding carboxylic acids is 3. The van der Waals surface area contributed by atoms with E-state index in [0.29, 0.717) is 32.5 Å². The van der Waals surface area contributed by atoms with Gasteiger partial charge in [-0.05, 0) is 63.6 Å². The van der Waals surface area contributed by atoms with Gasteiger partial charge < -0.3 is 24.8 Å². The molecule has 8 heteroatoms. The van der Waals surface area contributed by atoms with E-state index in [1.807, 2.05) is 36.1 Å². The first-order valence-corrected chi connectivity index (χ1v) is 12.2. The van der Waals surface area contributed by atoms with Gasteiger partial charge in [0.15, 0.2) is 0 Å². The number of rotatable bonds is 5. The Kier molecular flexibility index (Phi) is 7.22. The molecular weight excluding hydrogens is 420 g/mol. The monoisotopic (exact) mass is 456 g/mol. The molecule has 8 nitrogen and oxygen atoms in total. The number of ether oxygens (including phenoxy) is 1. The Hall–Kier alpha value is -2.61. The average molecular weight is 457 g/mol. The van der Waals surface area contributed by atoms with Gasteiger partial charge in [-0.25, -0.2) is 4.79 Å². The summed E-state index contributed by atoms with van der Waals surface area (Å²) in [4.78, 5) is 43.5. The van der Waals surface area contributed by atoms with Crippen LogP contribution in [0.4, 0.5) is 10.5 Å². The fraction of sp³-hybridized carbons (Fsp3) is 0.640. The largest absolute Gasteiger partial charge is 0.375 e. The lowest BCUT2D eigenvalue weighted by Gasteiger charge is -2.39. The second kappa shape index (κ2) is 10.1. The molecule has 180 valence electrons. The molecule has 1 N–H and O–H groups in total. The zero-order valence-corrected chi connectivity index (χ0v) is 19.8. The number of aryl methyl sites for hydroxylation is 1. The molecular formula is C25H36N4O4. The van der Waals surface area contributed by atoms with E-state index in [4.69, 9.17) is 4.74 Å². The van der Waals surface area contributed by atoms with Crippen LogP contribution < -0.4 is 5.32 Å². The Morgan fingerprint density at radius 2 is 1.94 bits per heavy atom. The summed E-state index contributed by atoms with van der Waals surface area (Å²) in [5.74, 6) is 0.103. The highest BCUT2D eigenvalue weighted by Crippen LogP contribution is 2.35. The minimum atomic E-state index is -0.524. The number of likely N-dealkylation sites (tertiary alicyclic amines) is 1. The average Bonchev–Trinajstić information content (AvgIpc) is 3.25. The molecule has 0 bridgehead atoms. The zero-order valence-electron chi connectivity index (χ0n) is 19.8. The maximum absolute atomic E-state index is 12.9. The highest BCUT2D eigenvalue weighted by molar-refractivity contribution is 5.94. The fourth-order valence-corrected chi connectivity index (χ4v) is 5.24. The van der Waals surface area contributed by atoms with Gasteiger partial charge in [-0.3, -0.25) is 9.59 Å². The number of amides is 4. The molecule has 0 saturated carbocycles. The topological polar surface area (TPSA) is 82.2 Å². The molecule has 1 aromatic carbocycles. The molecule has 3 heterocycles. The first kappa shape index (κ1) is 23.5. The lowest BCUT2D eigenvalue weighted by molar-refractivity contribution is -0.140. The summed E-state index contributed by atoms with van der Waals surface area (Å²) in [6, 6.07) is 6.82. The number of piperazine rings is 1. The molecule has 3 saturated heterocycles. The van der Waals surface area contributed by atoms with E-state index in [-0.39, 0.29) is 23.4 Å². The summed E-state index contributed by atoms with van der Waals surface area (Å²) in [5, 5.41) is 2.89. The first-order valence-electron chi connectivity index (χ1n) is 12.2. The third-order valence-electron chi connectivity index (χ3n) is 7.31. The van der Waals surface area contributed by atoms with Gasteiger partial charge >= 0.3 is 6.03 Å². The van der Waals surface area contributed by atoms with E-state index < -0.39 is 6.04 Å². The van der Waals surface area contributed by atoms with Crippen LogP contribution in [0.3, 0.4) is 0 Å². The second-order valence-corrected chi connectivity index (χ2v) is 9.61. The molecule has 1 aromatic rings. The fourth-order valence-electron chi connectivity index (χ4n) is 5.24. The molecule has 33 heavy (non-hydrogen) atoms. The van der Waals surface area contributed by atoms with Gasteiger partial charge in [-0.1, -0.05) is 12.1 Å². The van der Waals surface area contributed by atoms with Gasteiger partial charge in [0.05, 0.1) is 5.60 Å². The van der Waals surface area contributed by atoms with Crippen LogP contribution in [0.25, 0.3) is 0 Å². The molecule has 3 aliphatic rings. The van der Waals surface area contributed by atoms with Crippen molar-refractivity contribution >= 4 is 23.5 Å². The number of hydrogen-bond acceptors (Lipinski definition) is 4. The molecule has 4 amide bonds. The summed E-state index contributed by atoms with van der Waals surface area (Å²) in [6.07, 6.45) is 5.20. The van der Waals surface area contributed by atoms with Gasteiger partial charge in [-0.15, -0.1) is 0 Å². The Balaban J connectivity index is 1.20. The Morgan fingerprint density at radius 3 is 2.64 bits per heavy atom. The zero-order chi connectivity index (χ0) is 23.4. The van der Waals surface area contributed by atoms with Crippen LogP contribution in [0.2, 0.25) is 0 Å². The molecule has 0 aromatic heterocycles. The molecule has 1 spiro atoms. The van der Waals surface area contributed by atoms with Crippen LogP contribution in [0.15, 0.2) is 24.3 Å². The SMILES string of the molecule is Cc1cccc(NC(=O)N2CCN(CCCC(=O)N3CCC4(CCCO4)CC3)C(=O)[C@@H]2C)c1. The van der Waals surface area contributed by atoms with E-state index >= 15 is 0 Å². The number of piperidine rings is 1. The summed E-state index contributed by atoms with van der Waals surface area (Å²) in [5.41, 5.74) is 1.81. The van der Waals surface area contributed by atoms with Crippen molar-refractivity contribution in [2.24, 2.45) is 0 Å². The predicted octanol–water partition coefficient (Wildman–Crippen LogP) is 3.01. The highest BCUT2D eigenvalue weighted by atomic mass is 16.5. The van der Waals surface area contributed by atoms with Crippen LogP contribution in [0.5, 0.6) is 0 Å². The minimum absolute atomic E-state index is 0.0185. The Bertz CT molecular complexity index is 873. The lowest BCUT2D eigenvalue weighted by atomic mass is 9.88. The van der Waals surface area contributed by atoms with Crippen molar-refractivity contribution < 1.29 is 19.1 Å². The molecule has 0 unspecified atom stereocenters. The van der Waals surface area contributed by atoms with Crippen molar-refractivity contribution in [3.05, 3.63) is 29.8 Å². The number of urea groups is 1. The summed E-state index contributed by atoms with van der Waals surface area (Å²) in [6.45, 7) is 7.63. The third kappa shape index (κ3) is 5.49. The van der Waals surface area contributed by atoms with Crippen LogP contribution in [0.1, 0.15) is 51.0 Å². The number of anilines is 1. The van der Waals surface area contributed by atoms with E-state index in [1.165, 1.54) is 0 Å². The van der Waals surface area contributed by atoms with Crippen molar-refractivity contribution in [2.45, 2.75) is 64.0 Å². The lowest BCUT2D eigenvalue weighted by Crippen LogP contribution is -2.58. The van der Waals surface area contributed by atoms with Crippen LogP contribution in [0, 0.1) is 6.92 Å². The van der Waals surface area contributed by atoms with Crippen molar-refractivity contribution in [3.8, 4) is 0 Å². The van der Waals surface area contributed by atoms with Crippen molar-refractivity contribution in [2.75, 3.05) is 44.6 Å². The van der Waals surface area contributed by atoms with Gasteiger partial charge in [0.25, 0.3) is 0 Å². The number of hydrogen-bond donors (Lipinski definition) is 1. The summed E-state index contributed by atoms with van der Waals surface area (Å²) < 4.78 is 5.94. The van der Waals surface area contributed by atoms with E-state index in [9.17, 15) is 14.4 Å². The first-order chi connectivity index (χ1) is 15.9. The number of nitrogens with zero attached hydrogens (tertiary/aromatic N) is 3. The van der Waals surface area contributed by atoms with Gasteiger partial charge in [0.1, 0.15) is 6.04 Å².